The number of nitrogens with one attached hydrogen (secondary N) is 1. The Balaban J connectivity index is 2.21. The molecular formula is C17H20F3NO3. The fraction of sp³-hybridized carbons (Fsp3) is 0.529. The maximum atomic E-state index is 12.9. The van der Waals surface area contributed by atoms with Gasteiger partial charge in [0.05, 0.1) is 5.56 Å². The molecule has 1 aliphatic rings. The molecule has 24 heavy (non-hydrogen) atoms. The third-order valence-electron chi connectivity index (χ3n) is 3.99. The van der Waals surface area contributed by atoms with E-state index in [-0.39, 0.29) is 11.6 Å². The first-order valence-electron chi connectivity index (χ1n) is 7.92. The number of hydrogen-bond acceptors (Lipinski definition) is 3. The van der Waals surface area contributed by atoms with Crippen molar-refractivity contribution in [2.75, 3.05) is 0 Å². The molecule has 0 aliphatic heterocycles. The summed E-state index contributed by atoms with van der Waals surface area (Å²) in [7, 11) is 0. The van der Waals surface area contributed by atoms with Gasteiger partial charge in [0.15, 0.2) is 0 Å². The molecule has 4 nitrogen and oxygen atoms in total. The molecule has 1 aromatic carbocycles. The second kappa shape index (κ2) is 7.68. The maximum Gasteiger partial charge on any atom is 0.416 e. The van der Waals surface area contributed by atoms with Crippen molar-refractivity contribution in [1.82, 2.24) is 5.32 Å². The summed E-state index contributed by atoms with van der Waals surface area (Å²) in [4.78, 5) is 23.7. The highest BCUT2D eigenvalue weighted by Crippen LogP contribution is 2.31. The van der Waals surface area contributed by atoms with E-state index < -0.39 is 29.7 Å². The Kier molecular flexibility index (Phi) is 5.85. The minimum Gasteiger partial charge on any atom is -0.447 e. The third kappa shape index (κ3) is 4.97. The smallest absolute Gasteiger partial charge is 0.416 e. The number of carbonyl (C=O) groups is 2. The molecule has 132 valence electrons. The number of carbonyl (C=O) groups excluding carboxylic acids is 2. The monoisotopic (exact) mass is 343 g/mol. The Morgan fingerprint density at radius 2 is 1.88 bits per heavy atom. The van der Waals surface area contributed by atoms with E-state index in [1.165, 1.54) is 12.1 Å². The molecule has 0 radical (unpaired) electrons. The second-order valence-electron chi connectivity index (χ2n) is 5.96. The SMILES string of the molecule is CC(=O)OC(C(=O)NC1CCCCC1)c1cccc(C(F)(F)F)c1. The molecule has 1 atom stereocenters. The second-order valence-corrected chi connectivity index (χ2v) is 5.96. The van der Waals surface area contributed by atoms with Gasteiger partial charge in [-0.2, -0.15) is 13.2 Å². The van der Waals surface area contributed by atoms with Crippen molar-refractivity contribution in [3.05, 3.63) is 35.4 Å². The summed E-state index contributed by atoms with van der Waals surface area (Å²) < 4.78 is 43.6. The van der Waals surface area contributed by atoms with E-state index in [1.807, 2.05) is 0 Å². The van der Waals surface area contributed by atoms with E-state index in [9.17, 15) is 22.8 Å². The van der Waals surface area contributed by atoms with Gasteiger partial charge in [0, 0.05) is 18.5 Å². The van der Waals surface area contributed by atoms with E-state index in [4.69, 9.17) is 4.74 Å². The summed E-state index contributed by atoms with van der Waals surface area (Å²) in [6, 6.07) is 4.27. The first kappa shape index (κ1) is 18.3. The predicted octanol–water partition coefficient (Wildman–Crippen LogP) is 3.76. The molecule has 2 rings (SSSR count). The third-order valence-corrected chi connectivity index (χ3v) is 3.99. The van der Waals surface area contributed by atoms with Crippen molar-refractivity contribution in [3.63, 3.8) is 0 Å². The van der Waals surface area contributed by atoms with Gasteiger partial charge in [0.25, 0.3) is 5.91 Å². The van der Waals surface area contributed by atoms with Crippen LogP contribution in [-0.4, -0.2) is 17.9 Å². The summed E-state index contributed by atoms with van der Waals surface area (Å²) in [5, 5.41) is 2.78. The van der Waals surface area contributed by atoms with Gasteiger partial charge in [-0.15, -0.1) is 0 Å². The standard InChI is InChI=1S/C17H20F3NO3/c1-11(22)24-15(16(23)21-14-8-3-2-4-9-14)12-6-5-7-13(10-12)17(18,19)20/h5-7,10,14-15H,2-4,8-9H2,1H3,(H,21,23). The highest BCUT2D eigenvalue weighted by molar-refractivity contribution is 5.85. The van der Waals surface area contributed by atoms with Crippen LogP contribution in [0.15, 0.2) is 24.3 Å². The van der Waals surface area contributed by atoms with Gasteiger partial charge in [-0.05, 0) is 25.0 Å². The number of amides is 1. The molecule has 1 aromatic rings. The highest BCUT2D eigenvalue weighted by Gasteiger charge is 2.33. The van der Waals surface area contributed by atoms with Crippen molar-refractivity contribution in [2.24, 2.45) is 0 Å². The average molecular weight is 343 g/mol. The van der Waals surface area contributed by atoms with Crippen LogP contribution in [0.2, 0.25) is 0 Å². The Morgan fingerprint density at radius 1 is 1.21 bits per heavy atom. The van der Waals surface area contributed by atoms with Gasteiger partial charge in [-0.1, -0.05) is 31.4 Å². The molecule has 0 aromatic heterocycles. The van der Waals surface area contributed by atoms with E-state index in [1.54, 1.807) is 0 Å². The van der Waals surface area contributed by atoms with Crippen LogP contribution < -0.4 is 5.32 Å². The van der Waals surface area contributed by atoms with Crippen LogP contribution in [0.5, 0.6) is 0 Å². The molecule has 1 saturated carbocycles. The Bertz CT molecular complexity index is 595. The number of rotatable bonds is 4. The number of esters is 1. The lowest BCUT2D eigenvalue weighted by Crippen LogP contribution is -2.40. The molecule has 0 spiro atoms. The first-order valence-corrected chi connectivity index (χ1v) is 7.92. The van der Waals surface area contributed by atoms with Gasteiger partial charge in [-0.3, -0.25) is 9.59 Å². The van der Waals surface area contributed by atoms with Gasteiger partial charge < -0.3 is 10.1 Å². The van der Waals surface area contributed by atoms with E-state index >= 15 is 0 Å². The molecular weight excluding hydrogens is 323 g/mol. The number of alkyl halides is 3. The predicted molar refractivity (Wildman–Crippen MR) is 81.0 cm³/mol. The van der Waals surface area contributed by atoms with Crippen LogP contribution in [0.25, 0.3) is 0 Å². The highest BCUT2D eigenvalue weighted by atomic mass is 19.4. The first-order chi connectivity index (χ1) is 11.3. The van der Waals surface area contributed by atoms with Crippen LogP contribution >= 0.6 is 0 Å². The topological polar surface area (TPSA) is 55.4 Å². The van der Waals surface area contributed by atoms with Gasteiger partial charge in [0.2, 0.25) is 6.10 Å². The van der Waals surface area contributed by atoms with Gasteiger partial charge in [0.1, 0.15) is 0 Å². The van der Waals surface area contributed by atoms with E-state index in [0.717, 1.165) is 51.2 Å². The molecule has 1 fully saturated rings. The summed E-state index contributed by atoms with van der Waals surface area (Å²) >= 11 is 0. The summed E-state index contributed by atoms with van der Waals surface area (Å²) in [6.07, 6.45) is -1.18. The zero-order chi connectivity index (χ0) is 17.7. The number of halogens is 3. The minimum absolute atomic E-state index is 0.00772. The maximum absolute atomic E-state index is 12.9. The Hall–Kier alpha value is -2.05. The zero-order valence-corrected chi connectivity index (χ0v) is 13.4. The Labute approximate surface area is 138 Å². The molecule has 0 bridgehead atoms. The summed E-state index contributed by atoms with van der Waals surface area (Å²) in [6.45, 7) is 1.12. The molecule has 1 N–H and O–H groups in total. The lowest BCUT2D eigenvalue weighted by Gasteiger charge is -2.25. The molecule has 0 saturated heterocycles. The molecule has 0 heterocycles. The van der Waals surface area contributed by atoms with Crippen molar-refractivity contribution in [2.45, 2.75) is 57.3 Å². The largest absolute Gasteiger partial charge is 0.447 e. The molecule has 7 heteroatoms. The molecule has 1 unspecified atom stereocenters. The average Bonchev–Trinajstić information content (AvgIpc) is 2.52. The number of hydrogen-bond donors (Lipinski definition) is 1. The lowest BCUT2D eigenvalue weighted by molar-refractivity contribution is -0.154. The van der Waals surface area contributed by atoms with Crippen LogP contribution in [0.3, 0.4) is 0 Å². The minimum atomic E-state index is -4.53. The number of benzene rings is 1. The lowest BCUT2D eigenvalue weighted by atomic mass is 9.95. The molecule has 1 aliphatic carbocycles. The van der Waals surface area contributed by atoms with Gasteiger partial charge >= 0.3 is 12.1 Å². The zero-order valence-electron chi connectivity index (χ0n) is 13.4. The summed E-state index contributed by atoms with van der Waals surface area (Å²) in [5.41, 5.74) is -0.879. The number of ether oxygens (including phenoxy) is 1. The normalized spacial score (nSPS) is 17.2. The van der Waals surface area contributed by atoms with E-state index in [2.05, 4.69) is 5.32 Å². The van der Waals surface area contributed by atoms with Gasteiger partial charge in [-0.25, -0.2) is 0 Å². The van der Waals surface area contributed by atoms with Crippen molar-refractivity contribution in [1.29, 1.82) is 0 Å². The quantitative estimate of drug-likeness (QED) is 0.847. The van der Waals surface area contributed by atoms with Crippen LogP contribution in [-0.2, 0) is 20.5 Å². The fourth-order valence-electron chi connectivity index (χ4n) is 2.84. The van der Waals surface area contributed by atoms with Crippen LogP contribution in [0.1, 0.15) is 56.3 Å². The molecule has 1 amide bonds. The van der Waals surface area contributed by atoms with Crippen molar-refractivity contribution >= 4 is 11.9 Å². The fourth-order valence-corrected chi connectivity index (χ4v) is 2.84. The van der Waals surface area contributed by atoms with Crippen LogP contribution in [0.4, 0.5) is 13.2 Å². The van der Waals surface area contributed by atoms with Crippen LogP contribution in [0, 0.1) is 0 Å². The summed E-state index contributed by atoms with van der Waals surface area (Å²) in [5.74, 6) is -1.31. The van der Waals surface area contributed by atoms with Crippen molar-refractivity contribution in [3.8, 4) is 0 Å². The van der Waals surface area contributed by atoms with E-state index in [0.29, 0.717) is 0 Å². The van der Waals surface area contributed by atoms with Crippen molar-refractivity contribution < 1.29 is 27.5 Å². The Morgan fingerprint density at radius 3 is 2.46 bits per heavy atom.